The number of nitrogens with one attached hydrogen (secondary N) is 2. The van der Waals surface area contributed by atoms with Crippen LogP contribution in [-0.2, 0) is 0 Å². The SMILES string of the molecule is Cc1nnc(NC(=S)Nc2ccc(F)c(Cl)c2)s1. The summed E-state index contributed by atoms with van der Waals surface area (Å²) in [6, 6.07) is 4.26. The Morgan fingerprint density at radius 3 is 2.78 bits per heavy atom. The first kappa shape index (κ1) is 13.1. The maximum absolute atomic E-state index is 13.0. The van der Waals surface area contributed by atoms with Crippen LogP contribution in [0.15, 0.2) is 18.2 Å². The Bertz CT molecular complexity index is 587. The van der Waals surface area contributed by atoms with Crippen LogP contribution in [-0.4, -0.2) is 15.3 Å². The van der Waals surface area contributed by atoms with Gasteiger partial charge in [0.1, 0.15) is 10.8 Å². The number of nitrogens with zero attached hydrogens (tertiary/aromatic N) is 2. The molecule has 94 valence electrons. The van der Waals surface area contributed by atoms with E-state index in [0.717, 1.165) is 5.01 Å². The Morgan fingerprint density at radius 2 is 2.17 bits per heavy atom. The third-order valence-electron chi connectivity index (χ3n) is 1.92. The molecule has 0 spiro atoms. The minimum atomic E-state index is -0.471. The van der Waals surface area contributed by atoms with E-state index in [2.05, 4.69) is 20.8 Å². The summed E-state index contributed by atoms with van der Waals surface area (Å²) in [5.74, 6) is -0.471. The molecule has 0 aliphatic carbocycles. The third kappa shape index (κ3) is 3.34. The van der Waals surface area contributed by atoms with Gasteiger partial charge in [-0.1, -0.05) is 22.9 Å². The number of thiocarbonyl (C=S) groups is 1. The number of aromatic nitrogens is 2. The molecule has 18 heavy (non-hydrogen) atoms. The van der Waals surface area contributed by atoms with Gasteiger partial charge in [-0.15, -0.1) is 10.2 Å². The first-order chi connectivity index (χ1) is 8.54. The zero-order valence-electron chi connectivity index (χ0n) is 9.20. The van der Waals surface area contributed by atoms with Gasteiger partial charge in [0.15, 0.2) is 5.11 Å². The maximum atomic E-state index is 13.0. The van der Waals surface area contributed by atoms with Crippen molar-refractivity contribution in [1.29, 1.82) is 0 Å². The van der Waals surface area contributed by atoms with Crippen LogP contribution < -0.4 is 10.6 Å². The van der Waals surface area contributed by atoms with E-state index in [0.29, 0.717) is 15.9 Å². The summed E-state index contributed by atoms with van der Waals surface area (Å²) >= 11 is 12.1. The summed E-state index contributed by atoms with van der Waals surface area (Å²) in [7, 11) is 0. The van der Waals surface area contributed by atoms with Gasteiger partial charge in [0.05, 0.1) is 5.02 Å². The Balaban J connectivity index is 2.00. The van der Waals surface area contributed by atoms with Crippen LogP contribution in [0.3, 0.4) is 0 Å². The van der Waals surface area contributed by atoms with Crippen molar-refractivity contribution in [3.8, 4) is 0 Å². The van der Waals surface area contributed by atoms with Gasteiger partial charge in [-0.05, 0) is 37.3 Å². The van der Waals surface area contributed by atoms with Gasteiger partial charge in [0.2, 0.25) is 5.13 Å². The third-order valence-corrected chi connectivity index (χ3v) is 3.17. The van der Waals surface area contributed by atoms with Crippen LogP contribution in [0.25, 0.3) is 0 Å². The highest BCUT2D eigenvalue weighted by atomic mass is 35.5. The predicted octanol–water partition coefficient (Wildman–Crippen LogP) is 3.45. The molecule has 0 saturated carbocycles. The molecule has 0 aliphatic rings. The van der Waals surface area contributed by atoms with Gasteiger partial charge in [-0.25, -0.2) is 4.39 Å². The van der Waals surface area contributed by atoms with Crippen molar-refractivity contribution in [1.82, 2.24) is 10.2 Å². The highest BCUT2D eigenvalue weighted by Gasteiger charge is 2.05. The summed E-state index contributed by atoms with van der Waals surface area (Å²) < 4.78 is 13.0. The predicted molar refractivity (Wildman–Crippen MR) is 75.9 cm³/mol. The Morgan fingerprint density at radius 1 is 1.39 bits per heavy atom. The minimum absolute atomic E-state index is 0.0366. The Labute approximate surface area is 117 Å². The zero-order valence-corrected chi connectivity index (χ0v) is 11.6. The second kappa shape index (κ2) is 5.55. The minimum Gasteiger partial charge on any atom is -0.332 e. The highest BCUT2D eigenvalue weighted by molar-refractivity contribution is 7.80. The molecule has 1 aromatic heterocycles. The summed E-state index contributed by atoms with van der Waals surface area (Å²) in [5.41, 5.74) is 0.597. The highest BCUT2D eigenvalue weighted by Crippen LogP contribution is 2.20. The van der Waals surface area contributed by atoms with Gasteiger partial charge in [-0.2, -0.15) is 0 Å². The molecule has 0 unspecified atom stereocenters. The van der Waals surface area contributed by atoms with E-state index in [-0.39, 0.29) is 5.02 Å². The van der Waals surface area contributed by atoms with Crippen LogP contribution in [0.2, 0.25) is 5.02 Å². The molecule has 0 aliphatic heterocycles. The number of halogens is 2. The van der Waals surface area contributed by atoms with Crippen molar-refractivity contribution in [3.63, 3.8) is 0 Å². The van der Waals surface area contributed by atoms with Gasteiger partial charge in [0.25, 0.3) is 0 Å². The van der Waals surface area contributed by atoms with Gasteiger partial charge in [-0.3, -0.25) is 0 Å². The van der Waals surface area contributed by atoms with Crippen LogP contribution in [0.5, 0.6) is 0 Å². The lowest BCUT2D eigenvalue weighted by Gasteiger charge is -2.08. The van der Waals surface area contributed by atoms with Crippen molar-refractivity contribution in [2.75, 3.05) is 10.6 Å². The van der Waals surface area contributed by atoms with E-state index in [1.165, 1.54) is 23.5 Å². The fraction of sp³-hybridized carbons (Fsp3) is 0.100. The lowest BCUT2D eigenvalue weighted by atomic mass is 10.3. The molecule has 2 aromatic rings. The zero-order chi connectivity index (χ0) is 13.1. The second-order valence-corrected chi connectivity index (χ2v) is 5.33. The Hall–Kier alpha value is -1.31. The average Bonchev–Trinajstić information content (AvgIpc) is 2.69. The molecule has 8 heteroatoms. The van der Waals surface area contributed by atoms with E-state index < -0.39 is 5.82 Å². The molecule has 0 saturated heterocycles. The molecule has 0 fully saturated rings. The number of hydrogen-bond acceptors (Lipinski definition) is 4. The smallest absolute Gasteiger partial charge is 0.211 e. The molecular weight excluding hydrogens is 295 g/mol. The van der Waals surface area contributed by atoms with Crippen molar-refractivity contribution in [3.05, 3.63) is 34.0 Å². The summed E-state index contributed by atoms with van der Waals surface area (Å²) in [6.07, 6.45) is 0. The Kier molecular flexibility index (Phi) is 4.05. The van der Waals surface area contributed by atoms with Crippen molar-refractivity contribution < 1.29 is 4.39 Å². The van der Waals surface area contributed by atoms with E-state index in [9.17, 15) is 4.39 Å². The van der Waals surface area contributed by atoms with E-state index in [1.807, 2.05) is 6.92 Å². The van der Waals surface area contributed by atoms with Crippen LogP contribution in [0.4, 0.5) is 15.2 Å². The lowest BCUT2D eigenvalue weighted by molar-refractivity contribution is 0.628. The van der Waals surface area contributed by atoms with Gasteiger partial charge >= 0.3 is 0 Å². The average molecular weight is 303 g/mol. The molecule has 2 rings (SSSR count). The van der Waals surface area contributed by atoms with E-state index >= 15 is 0 Å². The molecule has 0 amide bonds. The molecule has 0 radical (unpaired) electrons. The summed E-state index contributed by atoms with van der Waals surface area (Å²) in [5, 5.41) is 15.3. The number of hydrogen-bond donors (Lipinski definition) is 2. The standard InChI is InChI=1S/C10H8ClFN4S2/c1-5-15-16-10(18-5)14-9(17)13-6-2-3-8(12)7(11)4-6/h2-4H,1H3,(H2,13,14,16,17). The molecule has 4 nitrogen and oxygen atoms in total. The fourth-order valence-electron chi connectivity index (χ4n) is 1.18. The van der Waals surface area contributed by atoms with Crippen LogP contribution >= 0.6 is 35.2 Å². The quantitative estimate of drug-likeness (QED) is 0.832. The monoisotopic (exact) mass is 302 g/mol. The molecule has 2 N–H and O–H groups in total. The molecule has 1 aromatic carbocycles. The number of aryl methyl sites for hydroxylation is 1. The number of anilines is 2. The second-order valence-electron chi connectivity index (χ2n) is 3.33. The van der Waals surface area contributed by atoms with Crippen molar-refractivity contribution in [2.24, 2.45) is 0 Å². The van der Waals surface area contributed by atoms with Crippen LogP contribution in [0, 0.1) is 12.7 Å². The lowest BCUT2D eigenvalue weighted by Crippen LogP contribution is -2.18. The number of rotatable bonds is 2. The van der Waals surface area contributed by atoms with Gasteiger partial charge < -0.3 is 10.6 Å². The van der Waals surface area contributed by atoms with E-state index in [4.69, 9.17) is 23.8 Å². The number of benzene rings is 1. The largest absolute Gasteiger partial charge is 0.332 e. The first-order valence-electron chi connectivity index (χ1n) is 4.88. The topological polar surface area (TPSA) is 49.8 Å². The molecule has 0 bridgehead atoms. The van der Waals surface area contributed by atoms with Crippen LogP contribution in [0.1, 0.15) is 5.01 Å². The molecular formula is C10H8ClFN4S2. The molecule has 0 atom stereocenters. The van der Waals surface area contributed by atoms with Crippen molar-refractivity contribution >= 4 is 51.1 Å². The first-order valence-corrected chi connectivity index (χ1v) is 6.48. The fourth-order valence-corrected chi connectivity index (χ4v) is 2.24. The summed E-state index contributed by atoms with van der Waals surface area (Å²) in [4.78, 5) is 0. The maximum Gasteiger partial charge on any atom is 0.211 e. The molecule has 1 heterocycles. The normalized spacial score (nSPS) is 10.2. The van der Waals surface area contributed by atoms with Gasteiger partial charge in [0, 0.05) is 5.69 Å². The van der Waals surface area contributed by atoms with E-state index in [1.54, 1.807) is 6.07 Å². The van der Waals surface area contributed by atoms with Crippen molar-refractivity contribution in [2.45, 2.75) is 6.92 Å². The summed E-state index contributed by atoms with van der Waals surface area (Å²) in [6.45, 7) is 1.85.